The molecule has 0 bridgehead atoms. The van der Waals surface area contributed by atoms with Gasteiger partial charge in [-0.25, -0.2) is 13.2 Å². The second-order valence-electron chi connectivity index (χ2n) is 7.55. The molecule has 2 aromatic rings. The molecule has 4 rings (SSSR count). The van der Waals surface area contributed by atoms with Crippen LogP contribution in [0.1, 0.15) is 35.4 Å². The molecule has 0 saturated carbocycles. The number of cyclic esters (lactones) is 1. The highest BCUT2D eigenvalue weighted by Gasteiger charge is 2.32. The molecule has 0 spiro atoms. The van der Waals surface area contributed by atoms with E-state index in [0.29, 0.717) is 23.3 Å². The Labute approximate surface area is 184 Å². The van der Waals surface area contributed by atoms with Crippen LogP contribution in [-0.2, 0) is 21.4 Å². The second kappa shape index (κ2) is 8.20. The number of methoxy groups -OCH3 is 1. The second-order valence-corrected chi connectivity index (χ2v) is 10.4. The van der Waals surface area contributed by atoms with Crippen molar-refractivity contribution < 1.29 is 22.7 Å². The standard InChI is InChI=1S/C21H23BrN2O5S/c1-13-9-15(10-16-12-29-21(25)23-20(13)16)14-5-7-24(8-6-14)30(26,27)19-11-17(22)3-4-18(19)28-2/h3-4,9-11,14H,5-8,12H2,1-2H3,(H,23,25). The molecule has 160 valence electrons. The lowest BCUT2D eigenvalue weighted by molar-refractivity contribution is 0.151. The van der Waals surface area contributed by atoms with E-state index in [1.165, 1.54) is 11.4 Å². The minimum atomic E-state index is -3.65. The first kappa shape index (κ1) is 21.1. The van der Waals surface area contributed by atoms with Crippen molar-refractivity contribution in [3.05, 3.63) is 51.5 Å². The maximum Gasteiger partial charge on any atom is 0.411 e. The molecule has 1 amide bonds. The van der Waals surface area contributed by atoms with Crippen molar-refractivity contribution >= 4 is 37.7 Å². The van der Waals surface area contributed by atoms with Crippen LogP contribution in [-0.4, -0.2) is 39.0 Å². The van der Waals surface area contributed by atoms with Gasteiger partial charge < -0.3 is 9.47 Å². The molecule has 0 aliphatic carbocycles. The molecule has 2 aromatic carbocycles. The van der Waals surface area contributed by atoms with Crippen LogP contribution >= 0.6 is 15.9 Å². The molecule has 2 aliphatic rings. The lowest BCUT2D eigenvalue weighted by Crippen LogP contribution is -2.38. The Kier molecular flexibility index (Phi) is 5.78. The average molecular weight is 495 g/mol. The van der Waals surface area contributed by atoms with Crippen LogP contribution in [0.25, 0.3) is 0 Å². The topological polar surface area (TPSA) is 84.9 Å². The van der Waals surface area contributed by atoms with E-state index in [0.717, 1.165) is 35.2 Å². The molecule has 0 radical (unpaired) electrons. The maximum absolute atomic E-state index is 13.2. The molecule has 7 nitrogen and oxygen atoms in total. The van der Waals surface area contributed by atoms with E-state index in [-0.39, 0.29) is 17.4 Å². The number of sulfonamides is 1. The molecule has 1 N–H and O–H groups in total. The third kappa shape index (κ3) is 3.93. The van der Waals surface area contributed by atoms with E-state index in [1.807, 2.05) is 6.92 Å². The number of anilines is 1. The molecule has 30 heavy (non-hydrogen) atoms. The van der Waals surface area contributed by atoms with Crippen molar-refractivity contribution in [3.63, 3.8) is 0 Å². The van der Waals surface area contributed by atoms with Crippen LogP contribution in [0.15, 0.2) is 39.7 Å². The summed E-state index contributed by atoms with van der Waals surface area (Å²) in [6.45, 7) is 3.09. The zero-order chi connectivity index (χ0) is 21.5. The predicted molar refractivity (Wildman–Crippen MR) is 116 cm³/mol. The van der Waals surface area contributed by atoms with Crippen molar-refractivity contribution in [2.45, 2.75) is 37.2 Å². The molecule has 1 saturated heterocycles. The molecule has 0 aromatic heterocycles. The normalized spacial score (nSPS) is 17.8. The molecule has 1 fully saturated rings. The number of hydrogen-bond acceptors (Lipinski definition) is 5. The van der Waals surface area contributed by atoms with Crippen molar-refractivity contribution in [2.75, 3.05) is 25.5 Å². The summed E-state index contributed by atoms with van der Waals surface area (Å²) >= 11 is 3.35. The van der Waals surface area contributed by atoms with Crippen molar-refractivity contribution in [1.82, 2.24) is 4.31 Å². The molecule has 0 atom stereocenters. The molecule has 2 aliphatic heterocycles. The van der Waals surface area contributed by atoms with Gasteiger partial charge in [0.15, 0.2) is 0 Å². The number of rotatable bonds is 4. The summed E-state index contributed by atoms with van der Waals surface area (Å²) in [5.41, 5.74) is 3.92. The van der Waals surface area contributed by atoms with E-state index < -0.39 is 16.1 Å². The van der Waals surface area contributed by atoms with Gasteiger partial charge in [0.05, 0.1) is 12.8 Å². The van der Waals surface area contributed by atoms with Crippen LogP contribution in [0.4, 0.5) is 10.5 Å². The molecule has 2 heterocycles. The van der Waals surface area contributed by atoms with Gasteiger partial charge in [-0.05, 0) is 55.0 Å². The van der Waals surface area contributed by atoms with Crippen LogP contribution in [0, 0.1) is 6.92 Å². The largest absolute Gasteiger partial charge is 0.495 e. The third-order valence-corrected chi connectivity index (χ3v) is 8.11. The van der Waals surface area contributed by atoms with Gasteiger partial charge in [-0.3, -0.25) is 5.32 Å². The summed E-state index contributed by atoms with van der Waals surface area (Å²) in [6.07, 6.45) is 1.02. The molecule has 9 heteroatoms. The Morgan fingerprint density at radius 1 is 1.20 bits per heavy atom. The fourth-order valence-electron chi connectivity index (χ4n) is 4.12. The fraction of sp³-hybridized carbons (Fsp3) is 0.381. The minimum absolute atomic E-state index is 0.176. The quantitative estimate of drug-likeness (QED) is 0.680. The molecule has 0 unspecified atom stereocenters. The Balaban J connectivity index is 1.53. The predicted octanol–water partition coefficient (Wildman–Crippen LogP) is 4.40. The number of ether oxygens (including phenoxy) is 2. The molecular formula is C21H23BrN2O5S. The van der Waals surface area contributed by atoms with E-state index >= 15 is 0 Å². The summed E-state index contributed by atoms with van der Waals surface area (Å²) in [7, 11) is -2.18. The number of nitrogens with one attached hydrogen (secondary N) is 1. The summed E-state index contributed by atoms with van der Waals surface area (Å²) in [6, 6.07) is 9.14. The molecular weight excluding hydrogens is 472 g/mol. The monoisotopic (exact) mass is 494 g/mol. The first-order valence-corrected chi connectivity index (χ1v) is 11.9. The Hall–Kier alpha value is -2.10. The number of amides is 1. The lowest BCUT2D eigenvalue weighted by atomic mass is 9.87. The number of fused-ring (bicyclic) bond motifs is 1. The number of piperidine rings is 1. The zero-order valence-corrected chi connectivity index (χ0v) is 19.2. The fourth-order valence-corrected chi connectivity index (χ4v) is 6.28. The smallest absolute Gasteiger partial charge is 0.411 e. The van der Waals surface area contributed by atoms with Crippen molar-refractivity contribution in [1.29, 1.82) is 0 Å². The number of benzene rings is 2. The van der Waals surface area contributed by atoms with Gasteiger partial charge >= 0.3 is 6.09 Å². The Bertz CT molecular complexity index is 1090. The zero-order valence-electron chi connectivity index (χ0n) is 16.8. The van der Waals surface area contributed by atoms with Crippen LogP contribution in [0.5, 0.6) is 5.75 Å². The van der Waals surface area contributed by atoms with Gasteiger partial charge in [0, 0.05) is 23.1 Å². The van der Waals surface area contributed by atoms with Crippen LogP contribution < -0.4 is 10.1 Å². The average Bonchev–Trinajstić information content (AvgIpc) is 2.74. The van der Waals surface area contributed by atoms with Gasteiger partial charge in [-0.15, -0.1) is 0 Å². The SMILES string of the molecule is COc1ccc(Br)cc1S(=O)(=O)N1CCC(c2cc(C)c3c(c2)COC(=O)N3)CC1. The number of halogens is 1. The summed E-state index contributed by atoms with van der Waals surface area (Å²) in [4.78, 5) is 11.6. The number of carbonyl (C=O) groups is 1. The Morgan fingerprint density at radius 2 is 1.93 bits per heavy atom. The van der Waals surface area contributed by atoms with E-state index in [1.54, 1.807) is 18.2 Å². The maximum atomic E-state index is 13.2. The van der Waals surface area contributed by atoms with Crippen molar-refractivity contribution in [2.24, 2.45) is 0 Å². The minimum Gasteiger partial charge on any atom is -0.495 e. The van der Waals surface area contributed by atoms with E-state index in [9.17, 15) is 13.2 Å². The van der Waals surface area contributed by atoms with Gasteiger partial charge in [0.1, 0.15) is 17.3 Å². The highest BCUT2D eigenvalue weighted by atomic mass is 79.9. The lowest BCUT2D eigenvalue weighted by Gasteiger charge is -2.32. The number of carbonyl (C=O) groups excluding carboxylic acids is 1. The first-order valence-electron chi connectivity index (χ1n) is 9.70. The number of nitrogens with zero attached hydrogens (tertiary/aromatic N) is 1. The Morgan fingerprint density at radius 3 is 2.63 bits per heavy atom. The van der Waals surface area contributed by atoms with Crippen molar-refractivity contribution in [3.8, 4) is 5.75 Å². The third-order valence-electron chi connectivity index (χ3n) is 5.69. The number of hydrogen-bond donors (Lipinski definition) is 1. The summed E-state index contributed by atoms with van der Waals surface area (Å²) < 4.78 is 39.0. The first-order chi connectivity index (χ1) is 14.3. The van der Waals surface area contributed by atoms with Gasteiger partial charge in [-0.2, -0.15) is 4.31 Å². The van der Waals surface area contributed by atoms with E-state index in [4.69, 9.17) is 9.47 Å². The highest BCUT2D eigenvalue weighted by Crippen LogP contribution is 2.37. The summed E-state index contributed by atoms with van der Waals surface area (Å²) in [5.74, 6) is 0.593. The van der Waals surface area contributed by atoms with Gasteiger partial charge in [0.2, 0.25) is 10.0 Å². The van der Waals surface area contributed by atoms with E-state index in [2.05, 4.69) is 33.4 Å². The van der Waals surface area contributed by atoms with Gasteiger partial charge in [0.25, 0.3) is 0 Å². The summed E-state index contributed by atoms with van der Waals surface area (Å²) in [5, 5.41) is 2.75. The van der Waals surface area contributed by atoms with Crippen LogP contribution in [0.3, 0.4) is 0 Å². The van der Waals surface area contributed by atoms with Gasteiger partial charge in [-0.1, -0.05) is 28.1 Å². The van der Waals surface area contributed by atoms with Crippen LogP contribution in [0.2, 0.25) is 0 Å². The number of aryl methyl sites for hydroxylation is 1. The highest BCUT2D eigenvalue weighted by molar-refractivity contribution is 9.10.